The Balaban J connectivity index is 2.59. The van der Waals surface area contributed by atoms with Gasteiger partial charge in [0.15, 0.2) is 11.5 Å². The highest BCUT2D eigenvalue weighted by Gasteiger charge is 2.42. The lowest BCUT2D eigenvalue weighted by molar-refractivity contribution is -0.384. The van der Waals surface area contributed by atoms with Crippen molar-refractivity contribution in [1.82, 2.24) is 4.90 Å². The lowest BCUT2D eigenvalue weighted by atomic mass is 9.96. The molecule has 0 spiro atoms. The molecule has 22 heavy (non-hydrogen) atoms. The molecule has 1 heterocycles. The highest BCUT2D eigenvalue weighted by Crippen LogP contribution is 2.38. The summed E-state index contributed by atoms with van der Waals surface area (Å²) in [6.07, 6.45) is 1.46. The summed E-state index contributed by atoms with van der Waals surface area (Å²) in [5, 5.41) is 20.8. The Morgan fingerprint density at radius 3 is 2.77 bits per heavy atom. The van der Waals surface area contributed by atoms with Crippen LogP contribution < -0.4 is 0 Å². The molecular formula is C15H14N2O5. The van der Waals surface area contributed by atoms with Crippen LogP contribution in [0, 0.1) is 10.1 Å². The Morgan fingerprint density at radius 2 is 2.23 bits per heavy atom. The van der Waals surface area contributed by atoms with Crippen LogP contribution in [0.5, 0.6) is 0 Å². The number of nitro benzene ring substituents is 1. The van der Waals surface area contributed by atoms with E-state index < -0.39 is 28.4 Å². The number of carbonyl (C=O) groups is 2. The van der Waals surface area contributed by atoms with Crippen LogP contribution >= 0.6 is 0 Å². The summed E-state index contributed by atoms with van der Waals surface area (Å²) in [5.74, 6) is -1.78. The van der Waals surface area contributed by atoms with Crippen molar-refractivity contribution >= 4 is 17.4 Å². The molecule has 7 heteroatoms. The highest BCUT2D eigenvalue weighted by atomic mass is 16.6. The Labute approximate surface area is 126 Å². The fraction of sp³-hybridized carbons (Fsp3) is 0.200. The third-order valence-electron chi connectivity index (χ3n) is 3.41. The summed E-state index contributed by atoms with van der Waals surface area (Å²) in [6, 6.07) is 4.78. The Bertz CT molecular complexity index is 708. The topological polar surface area (TPSA) is 101 Å². The van der Waals surface area contributed by atoms with Gasteiger partial charge in [-0.05, 0) is 12.5 Å². The summed E-state index contributed by atoms with van der Waals surface area (Å²) in [5.41, 5.74) is 0.170. The van der Waals surface area contributed by atoms with Crippen molar-refractivity contribution in [1.29, 1.82) is 0 Å². The zero-order chi connectivity index (χ0) is 16.4. The van der Waals surface area contributed by atoms with Gasteiger partial charge in [0.05, 0.1) is 16.5 Å². The molecule has 2 rings (SSSR count). The van der Waals surface area contributed by atoms with Gasteiger partial charge in [0, 0.05) is 18.7 Å². The highest BCUT2D eigenvalue weighted by molar-refractivity contribution is 6.08. The van der Waals surface area contributed by atoms with Crippen molar-refractivity contribution in [2.45, 2.75) is 13.0 Å². The first kappa shape index (κ1) is 15.4. The Hall–Kier alpha value is -2.96. The molecule has 1 aliphatic rings. The predicted molar refractivity (Wildman–Crippen MR) is 78.1 cm³/mol. The van der Waals surface area contributed by atoms with E-state index in [1.807, 2.05) is 0 Å². The van der Waals surface area contributed by atoms with E-state index in [9.17, 15) is 24.8 Å². The van der Waals surface area contributed by atoms with E-state index in [4.69, 9.17) is 0 Å². The van der Waals surface area contributed by atoms with Crippen LogP contribution in [0.4, 0.5) is 5.69 Å². The van der Waals surface area contributed by atoms with E-state index in [0.29, 0.717) is 5.56 Å². The minimum atomic E-state index is -0.858. The number of Topliss-reactive ketones (excluding diaryl/α,β-unsaturated/α-hetero) is 1. The van der Waals surface area contributed by atoms with E-state index in [2.05, 4.69) is 6.58 Å². The molecule has 1 aromatic carbocycles. The minimum Gasteiger partial charge on any atom is -0.503 e. The maximum atomic E-state index is 12.1. The molecule has 0 saturated heterocycles. The van der Waals surface area contributed by atoms with E-state index in [1.165, 1.54) is 36.1 Å². The van der Waals surface area contributed by atoms with Crippen molar-refractivity contribution in [3.05, 3.63) is 63.9 Å². The second-order valence-electron chi connectivity index (χ2n) is 4.82. The van der Waals surface area contributed by atoms with Crippen LogP contribution in [-0.2, 0) is 9.59 Å². The molecule has 1 unspecified atom stereocenters. The summed E-state index contributed by atoms with van der Waals surface area (Å²) in [7, 11) is 0. The van der Waals surface area contributed by atoms with Crippen molar-refractivity contribution < 1.29 is 19.6 Å². The lowest BCUT2D eigenvalue weighted by Gasteiger charge is -2.25. The smallest absolute Gasteiger partial charge is 0.290 e. The SMILES string of the molecule is C=CCN1C(=O)C(O)=C(C(C)=O)C1c1cccc([N+](=O)[O-])c1. The average Bonchev–Trinajstić information content (AvgIpc) is 2.72. The molecule has 1 aromatic rings. The van der Waals surface area contributed by atoms with Crippen molar-refractivity contribution in [3.63, 3.8) is 0 Å². The number of hydrogen-bond acceptors (Lipinski definition) is 5. The number of hydrogen-bond donors (Lipinski definition) is 1. The monoisotopic (exact) mass is 302 g/mol. The molecule has 0 fully saturated rings. The third kappa shape index (κ3) is 2.48. The van der Waals surface area contributed by atoms with Gasteiger partial charge in [-0.25, -0.2) is 0 Å². The number of benzene rings is 1. The van der Waals surface area contributed by atoms with Crippen molar-refractivity contribution in [3.8, 4) is 0 Å². The van der Waals surface area contributed by atoms with E-state index >= 15 is 0 Å². The number of aliphatic hydroxyl groups excluding tert-OH is 1. The maximum Gasteiger partial charge on any atom is 0.290 e. The first-order valence-electron chi connectivity index (χ1n) is 6.48. The van der Waals surface area contributed by atoms with E-state index in [-0.39, 0.29) is 17.8 Å². The van der Waals surface area contributed by atoms with Gasteiger partial charge >= 0.3 is 0 Å². The maximum absolute atomic E-state index is 12.1. The summed E-state index contributed by atoms with van der Waals surface area (Å²) in [6.45, 7) is 4.88. The third-order valence-corrected chi connectivity index (χ3v) is 3.41. The molecule has 0 saturated carbocycles. The molecule has 1 atom stereocenters. The molecular weight excluding hydrogens is 288 g/mol. The largest absolute Gasteiger partial charge is 0.503 e. The van der Waals surface area contributed by atoms with Crippen molar-refractivity contribution in [2.24, 2.45) is 0 Å². The Morgan fingerprint density at radius 1 is 1.55 bits per heavy atom. The lowest BCUT2D eigenvalue weighted by Crippen LogP contribution is -2.31. The van der Waals surface area contributed by atoms with Gasteiger partial charge in [-0.2, -0.15) is 0 Å². The predicted octanol–water partition coefficient (Wildman–Crippen LogP) is 2.07. The fourth-order valence-corrected chi connectivity index (χ4v) is 2.50. The molecule has 0 aromatic heterocycles. The number of nitro groups is 1. The molecule has 0 bridgehead atoms. The molecule has 1 aliphatic heterocycles. The first-order valence-corrected chi connectivity index (χ1v) is 6.48. The van der Waals surface area contributed by atoms with E-state index in [1.54, 1.807) is 6.07 Å². The number of nitrogens with zero attached hydrogens (tertiary/aromatic N) is 2. The molecule has 0 radical (unpaired) electrons. The molecule has 1 N–H and O–H groups in total. The van der Waals surface area contributed by atoms with Crippen LogP contribution in [0.1, 0.15) is 18.5 Å². The van der Waals surface area contributed by atoms with Gasteiger partial charge in [0.25, 0.3) is 11.6 Å². The van der Waals surface area contributed by atoms with E-state index in [0.717, 1.165) is 0 Å². The number of amides is 1. The summed E-state index contributed by atoms with van der Waals surface area (Å²) >= 11 is 0. The number of aliphatic hydroxyl groups is 1. The Kier molecular flexibility index (Phi) is 4.07. The summed E-state index contributed by atoms with van der Waals surface area (Å²) in [4.78, 5) is 35.5. The van der Waals surface area contributed by atoms with Crippen LogP contribution in [0.25, 0.3) is 0 Å². The van der Waals surface area contributed by atoms with Crippen LogP contribution in [0.3, 0.4) is 0 Å². The normalized spacial score (nSPS) is 17.8. The molecule has 7 nitrogen and oxygen atoms in total. The van der Waals surface area contributed by atoms with Gasteiger partial charge in [-0.15, -0.1) is 6.58 Å². The van der Waals surface area contributed by atoms with Gasteiger partial charge in [-0.1, -0.05) is 18.2 Å². The van der Waals surface area contributed by atoms with Gasteiger partial charge < -0.3 is 10.0 Å². The zero-order valence-corrected chi connectivity index (χ0v) is 11.9. The molecule has 0 aliphatic carbocycles. The van der Waals surface area contributed by atoms with Gasteiger partial charge in [0.2, 0.25) is 0 Å². The van der Waals surface area contributed by atoms with Gasteiger partial charge in [-0.3, -0.25) is 19.7 Å². The molecule has 1 amide bonds. The number of rotatable bonds is 5. The van der Waals surface area contributed by atoms with Crippen molar-refractivity contribution in [2.75, 3.05) is 6.54 Å². The standard InChI is InChI=1S/C15H14N2O5/c1-3-7-16-13(12(9(2)18)14(19)15(16)20)10-5-4-6-11(8-10)17(21)22/h3-6,8,13,19H,1,7H2,2H3. The summed E-state index contributed by atoms with van der Waals surface area (Å²) < 4.78 is 0. The first-order chi connectivity index (χ1) is 10.4. The number of carbonyl (C=O) groups excluding carboxylic acids is 2. The van der Waals surface area contributed by atoms with Gasteiger partial charge in [0.1, 0.15) is 0 Å². The van der Waals surface area contributed by atoms with Crippen LogP contribution in [0.2, 0.25) is 0 Å². The quantitative estimate of drug-likeness (QED) is 0.509. The second kappa shape index (κ2) is 5.80. The van der Waals surface area contributed by atoms with Crippen LogP contribution in [-0.4, -0.2) is 33.2 Å². The number of ketones is 1. The fourth-order valence-electron chi connectivity index (χ4n) is 2.50. The minimum absolute atomic E-state index is 0.0626. The second-order valence-corrected chi connectivity index (χ2v) is 4.82. The van der Waals surface area contributed by atoms with Crippen LogP contribution in [0.15, 0.2) is 48.3 Å². The zero-order valence-electron chi connectivity index (χ0n) is 11.9. The molecule has 114 valence electrons. The number of non-ortho nitro benzene ring substituents is 1. The average molecular weight is 302 g/mol.